The molecule has 0 atom stereocenters. The van der Waals surface area contributed by atoms with Crippen molar-refractivity contribution in [1.82, 2.24) is 5.32 Å². The first-order valence-corrected chi connectivity index (χ1v) is 7.24. The van der Waals surface area contributed by atoms with Gasteiger partial charge in [0, 0.05) is 4.90 Å². The highest BCUT2D eigenvalue weighted by molar-refractivity contribution is 8.00. The number of carboxylic acids is 1. The lowest BCUT2D eigenvalue weighted by molar-refractivity contribution is -0.151. The van der Waals surface area contributed by atoms with Gasteiger partial charge in [0.15, 0.2) is 0 Å². The van der Waals surface area contributed by atoms with E-state index in [4.69, 9.17) is 5.11 Å². The number of rotatable bonds is 5. The van der Waals surface area contributed by atoms with Crippen molar-refractivity contribution in [1.29, 1.82) is 0 Å². The van der Waals surface area contributed by atoms with Crippen LogP contribution in [0.15, 0.2) is 29.2 Å². The second-order valence-corrected chi connectivity index (χ2v) is 5.94. The highest BCUT2D eigenvalue weighted by atomic mass is 32.2. The Morgan fingerprint density at radius 3 is 2.42 bits per heavy atom. The standard InChI is InChI=1S/C14H17NO3S/c1-10-3-5-11(6-4-10)19-9-12(16)15-14(13(17)18)7-2-8-14/h3-6H,2,7-9H2,1H3,(H,15,16)(H,17,18). The van der Waals surface area contributed by atoms with Gasteiger partial charge in [-0.1, -0.05) is 17.7 Å². The largest absolute Gasteiger partial charge is 0.480 e. The van der Waals surface area contributed by atoms with Crippen LogP contribution in [0.2, 0.25) is 0 Å². The minimum Gasteiger partial charge on any atom is -0.480 e. The summed E-state index contributed by atoms with van der Waals surface area (Å²) in [7, 11) is 0. The fraction of sp³-hybridized carbons (Fsp3) is 0.429. The molecule has 2 rings (SSSR count). The molecule has 1 amide bonds. The Morgan fingerprint density at radius 2 is 1.95 bits per heavy atom. The molecule has 4 nitrogen and oxygen atoms in total. The molecule has 0 saturated heterocycles. The predicted molar refractivity (Wildman–Crippen MR) is 74.3 cm³/mol. The Labute approximate surface area is 116 Å². The molecule has 0 heterocycles. The summed E-state index contributed by atoms with van der Waals surface area (Å²) < 4.78 is 0. The van der Waals surface area contributed by atoms with E-state index < -0.39 is 11.5 Å². The second kappa shape index (κ2) is 5.65. The normalized spacial score (nSPS) is 16.5. The first kappa shape index (κ1) is 13.9. The zero-order valence-corrected chi connectivity index (χ0v) is 11.6. The highest BCUT2D eigenvalue weighted by Gasteiger charge is 2.45. The number of aryl methyl sites for hydroxylation is 1. The monoisotopic (exact) mass is 279 g/mol. The maximum Gasteiger partial charge on any atom is 0.329 e. The molecular weight excluding hydrogens is 262 g/mol. The van der Waals surface area contributed by atoms with Gasteiger partial charge < -0.3 is 10.4 Å². The summed E-state index contributed by atoms with van der Waals surface area (Å²) in [6, 6.07) is 7.91. The van der Waals surface area contributed by atoms with Crippen LogP contribution in [0.3, 0.4) is 0 Å². The summed E-state index contributed by atoms with van der Waals surface area (Å²) in [5.74, 6) is -0.891. The van der Waals surface area contributed by atoms with Crippen LogP contribution in [0.4, 0.5) is 0 Å². The van der Waals surface area contributed by atoms with Gasteiger partial charge >= 0.3 is 5.97 Å². The quantitative estimate of drug-likeness (QED) is 0.811. The van der Waals surface area contributed by atoms with Crippen LogP contribution in [0.5, 0.6) is 0 Å². The molecule has 1 aliphatic rings. The van der Waals surface area contributed by atoms with E-state index in [-0.39, 0.29) is 11.7 Å². The highest BCUT2D eigenvalue weighted by Crippen LogP contribution is 2.32. The SMILES string of the molecule is Cc1ccc(SCC(=O)NC2(C(=O)O)CCC2)cc1. The van der Waals surface area contributed by atoms with Gasteiger partial charge in [0.25, 0.3) is 0 Å². The summed E-state index contributed by atoms with van der Waals surface area (Å²) in [5.41, 5.74) is 0.165. The van der Waals surface area contributed by atoms with Gasteiger partial charge in [-0.05, 0) is 38.3 Å². The van der Waals surface area contributed by atoms with E-state index >= 15 is 0 Å². The molecule has 0 aliphatic heterocycles. The van der Waals surface area contributed by atoms with E-state index in [1.54, 1.807) is 0 Å². The Morgan fingerprint density at radius 1 is 1.32 bits per heavy atom. The van der Waals surface area contributed by atoms with E-state index in [1.165, 1.54) is 17.3 Å². The molecule has 1 aliphatic carbocycles. The fourth-order valence-electron chi connectivity index (χ4n) is 2.01. The smallest absolute Gasteiger partial charge is 0.329 e. The summed E-state index contributed by atoms with van der Waals surface area (Å²) in [6.45, 7) is 2.01. The first-order valence-electron chi connectivity index (χ1n) is 6.26. The van der Waals surface area contributed by atoms with Crippen LogP contribution in [-0.2, 0) is 9.59 Å². The van der Waals surface area contributed by atoms with Crippen molar-refractivity contribution in [3.63, 3.8) is 0 Å². The second-order valence-electron chi connectivity index (χ2n) is 4.89. The minimum atomic E-state index is -1.01. The Bertz CT molecular complexity index is 480. The zero-order valence-electron chi connectivity index (χ0n) is 10.8. The molecular formula is C14H17NO3S. The third-order valence-electron chi connectivity index (χ3n) is 3.39. The minimum absolute atomic E-state index is 0.215. The molecule has 1 saturated carbocycles. The summed E-state index contributed by atoms with van der Waals surface area (Å²) in [4.78, 5) is 23.9. The van der Waals surface area contributed by atoms with Gasteiger partial charge in [-0.2, -0.15) is 0 Å². The van der Waals surface area contributed by atoms with Crippen LogP contribution in [-0.4, -0.2) is 28.3 Å². The Balaban J connectivity index is 1.85. The molecule has 1 fully saturated rings. The summed E-state index contributed by atoms with van der Waals surface area (Å²) in [6.07, 6.45) is 1.92. The number of carbonyl (C=O) groups is 2. The van der Waals surface area contributed by atoms with Crippen molar-refractivity contribution < 1.29 is 14.7 Å². The van der Waals surface area contributed by atoms with E-state index in [0.29, 0.717) is 12.8 Å². The van der Waals surface area contributed by atoms with E-state index in [0.717, 1.165) is 11.3 Å². The summed E-state index contributed by atoms with van der Waals surface area (Å²) >= 11 is 1.42. The Hall–Kier alpha value is -1.49. The maximum atomic E-state index is 11.8. The topological polar surface area (TPSA) is 66.4 Å². The zero-order chi connectivity index (χ0) is 13.9. The van der Waals surface area contributed by atoms with Gasteiger partial charge in [-0.25, -0.2) is 4.79 Å². The lowest BCUT2D eigenvalue weighted by atomic mass is 9.77. The van der Waals surface area contributed by atoms with Crippen molar-refractivity contribution in [2.45, 2.75) is 36.6 Å². The van der Waals surface area contributed by atoms with Crippen LogP contribution in [0.1, 0.15) is 24.8 Å². The number of hydrogen-bond donors (Lipinski definition) is 2. The fourth-order valence-corrected chi connectivity index (χ4v) is 2.71. The van der Waals surface area contributed by atoms with Crippen molar-refractivity contribution >= 4 is 23.6 Å². The van der Waals surface area contributed by atoms with E-state index in [1.807, 2.05) is 31.2 Å². The predicted octanol–water partition coefficient (Wildman–Crippen LogP) is 2.21. The number of nitrogens with one attached hydrogen (secondary N) is 1. The third-order valence-corrected chi connectivity index (χ3v) is 4.40. The molecule has 102 valence electrons. The first-order chi connectivity index (χ1) is 9.02. The van der Waals surface area contributed by atoms with Gasteiger partial charge in [-0.15, -0.1) is 11.8 Å². The van der Waals surface area contributed by atoms with Crippen molar-refractivity contribution in [3.8, 4) is 0 Å². The lowest BCUT2D eigenvalue weighted by Gasteiger charge is -2.38. The molecule has 0 radical (unpaired) electrons. The van der Waals surface area contributed by atoms with Gasteiger partial charge in [0.2, 0.25) is 5.91 Å². The molecule has 0 spiro atoms. The Kier molecular flexibility index (Phi) is 4.14. The number of thioether (sulfide) groups is 1. The van der Waals surface area contributed by atoms with Crippen LogP contribution in [0.25, 0.3) is 0 Å². The molecule has 5 heteroatoms. The lowest BCUT2D eigenvalue weighted by Crippen LogP contribution is -2.59. The van der Waals surface area contributed by atoms with Crippen molar-refractivity contribution in [2.24, 2.45) is 0 Å². The molecule has 0 bridgehead atoms. The number of hydrogen-bond acceptors (Lipinski definition) is 3. The number of carbonyl (C=O) groups excluding carboxylic acids is 1. The molecule has 0 aromatic heterocycles. The van der Waals surface area contributed by atoms with Crippen molar-refractivity contribution in [3.05, 3.63) is 29.8 Å². The van der Waals surface area contributed by atoms with Crippen LogP contribution < -0.4 is 5.32 Å². The molecule has 1 aromatic carbocycles. The molecule has 2 N–H and O–H groups in total. The summed E-state index contributed by atoms with van der Waals surface area (Å²) in [5, 5.41) is 11.8. The number of aliphatic carboxylic acids is 1. The van der Waals surface area contributed by atoms with Crippen LogP contribution >= 0.6 is 11.8 Å². The molecule has 0 unspecified atom stereocenters. The van der Waals surface area contributed by atoms with E-state index in [2.05, 4.69) is 5.32 Å². The number of amides is 1. The van der Waals surface area contributed by atoms with E-state index in [9.17, 15) is 9.59 Å². The third kappa shape index (κ3) is 3.29. The van der Waals surface area contributed by atoms with Gasteiger partial charge in [0.1, 0.15) is 5.54 Å². The van der Waals surface area contributed by atoms with Gasteiger partial charge in [0.05, 0.1) is 5.75 Å². The average Bonchev–Trinajstić information content (AvgIpc) is 2.32. The van der Waals surface area contributed by atoms with Gasteiger partial charge in [-0.3, -0.25) is 4.79 Å². The van der Waals surface area contributed by atoms with Crippen molar-refractivity contribution in [2.75, 3.05) is 5.75 Å². The molecule has 19 heavy (non-hydrogen) atoms. The van der Waals surface area contributed by atoms with Crippen LogP contribution in [0, 0.1) is 6.92 Å². The number of benzene rings is 1. The number of carboxylic acid groups (broad SMARTS) is 1. The maximum absolute atomic E-state index is 11.8. The average molecular weight is 279 g/mol. The molecule has 1 aromatic rings.